The van der Waals surface area contributed by atoms with E-state index in [0.717, 1.165) is 11.1 Å². The summed E-state index contributed by atoms with van der Waals surface area (Å²) in [5, 5.41) is 4.40. The van der Waals surface area contributed by atoms with Crippen LogP contribution in [0.15, 0.2) is 76.9 Å². The van der Waals surface area contributed by atoms with Crippen LogP contribution in [0.1, 0.15) is 16.7 Å². The van der Waals surface area contributed by atoms with Gasteiger partial charge in [0.05, 0.1) is 18.2 Å². The van der Waals surface area contributed by atoms with E-state index in [1.807, 2.05) is 6.92 Å². The number of nitrogens with one attached hydrogen (secondary N) is 1. The van der Waals surface area contributed by atoms with Crippen LogP contribution in [0.5, 0.6) is 5.88 Å². The first kappa shape index (κ1) is 21.5. The second kappa shape index (κ2) is 9.51. The Labute approximate surface area is 179 Å². The maximum absolute atomic E-state index is 12.5. The monoisotopic (exact) mass is 443 g/mol. The number of carbonyl (C=O) groups excluding carboxylic acids is 1. The largest absolute Gasteiger partial charge is 0.357 e. The number of carbonyl (C=O) groups is 1. The zero-order chi connectivity index (χ0) is 21.6. The molecule has 0 aliphatic heterocycles. The first-order chi connectivity index (χ1) is 14.3. The molecule has 0 fully saturated rings. The molecule has 30 heavy (non-hydrogen) atoms. The van der Waals surface area contributed by atoms with Crippen molar-refractivity contribution in [2.75, 3.05) is 0 Å². The number of aromatic nitrogens is 1. The van der Waals surface area contributed by atoms with E-state index < -0.39 is 10.1 Å². The van der Waals surface area contributed by atoms with Gasteiger partial charge < -0.3 is 4.18 Å². The zero-order valence-electron chi connectivity index (χ0n) is 15.9. The van der Waals surface area contributed by atoms with Gasteiger partial charge in [-0.25, -0.2) is 10.4 Å². The molecule has 0 saturated heterocycles. The predicted octanol–water partition coefficient (Wildman–Crippen LogP) is 3.50. The van der Waals surface area contributed by atoms with Crippen molar-refractivity contribution in [3.63, 3.8) is 0 Å². The Balaban J connectivity index is 1.69. The van der Waals surface area contributed by atoms with Gasteiger partial charge in [0.1, 0.15) is 4.90 Å². The molecule has 0 saturated carbocycles. The van der Waals surface area contributed by atoms with Crippen molar-refractivity contribution in [1.29, 1.82) is 0 Å². The van der Waals surface area contributed by atoms with E-state index in [0.29, 0.717) is 5.02 Å². The second-order valence-electron chi connectivity index (χ2n) is 6.35. The minimum atomic E-state index is -4.06. The number of pyridine rings is 1. The van der Waals surface area contributed by atoms with Crippen LogP contribution in [0.2, 0.25) is 5.02 Å². The van der Waals surface area contributed by atoms with Crippen LogP contribution in [0.3, 0.4) is 0 Å². The Kier molecular flexibility index (Phi) is 6.81. The van der Waals surface area contributed by atoms with Gasteiger partial charge in [-0.2, -0.15) is 13.5 Å². The number of hydrogen-bond acceptors (Lipinski definition) is 6. The number of benzene rings is 2. The standard InChI is InChI=1S/C21H18ClN3O4S/c1-15-7-9-19(10-8-15)30(27,28)29-21-17(5-3-11-23-21)14-24-25-20(26)13-16-4-2-6-18(22)12-16/h2-12,14H,13H2,1H3,(H,25,26)/b24-14+. The second-order valence-corrected chi connectivity index (χ2v) is 8.33. The van der Waals surface area contributed by atoms with Gasteiger partial charge >= 0.3 is 10.1 Å². The molecule has 9 heteroatoms. The zero-order valence-corrected chi connectivity index (χ0v) is 17.5. The van der Waals surface area contributed by atoms with E-state index in [1.165, 1.54) is 24.5 Å². The van der Waals surface area contributed by atoms with Crippen LogP contribution in [-0.4, -0.2) is 25.5 Å². The van der Waals surface area contributed by atoms with Gasteiger partial charge in [0.25, 0.3) is 0 Å². The molecule has 1 aromatic heterocycles. The maximum atomic E-state index is 12.5. The van der Waals surface area contributed by atoms with Gasteiger partial charge in [0, 0.05) is 11.2 Å². The van der Waals surface area contributed by atoms with Gasteiger partial charge in [-0.1, -0.05) is 41.4 Å². The Morgan fingerprint density at radius 2 is 1.93 bits per heavy atom. The quantitative estimate of drug-likeness (QED) is 0.342. The summed E-state index contributed by atoms with van der Waals surface area (Å²) in [6.07, 6.45) is 2.76. The van der Waals surface area contributed by atoms with Gasteiger partial charge in [-0.05, 0) is 48.9 Å². The molecular formula is C21H18ClN3O4S. The molecule has 0 bridgehead atoms. The minimum Gasteiger partial charge on any atom is -0.357 e. The van der Waals surface area contributed by atoms with Crippen molar-refractivity contribution >= 4 is 33.8 Å². The lowest BCUT2D eigenvalue weighted by molar-refractivity contribution is -0.120. The van der Waals surface area contributed by atoms with Crippen LogP contribution >= 0.6 is 11.6 Å². The predicted molar refractivity (Wildman–Crippen MR) is 114 cm³/mol. The first-order valence-corrected chi connectivity index (χ1v) is 10.6. The van der Waals surface area contributed by atoms with Crippen molar-refractivity contribution in [2.24, 2.45) is 5.10 Å². The lowest BCUT2D eigenvalue weighted by atomic mass is 10.1. The summed E-state index contributed by atoms with van der Waals surface area (Å²) in [5.74, 6) is -0.502. The molecule has 0 atom stereocenters. The van der Waals surface area contributed by atoms with E-state index in [1.54, 1.807) is 48.5 Å². The van der Waals surface area contributed by atoms with E-state index >= 15 is 0 Å². The van der Waals surface area contributed by atoms with Crippen molar-refractivity contribution in [3.8, 4) is 5.88 Å². The SMILES string of the molecule is Cc1ccc(S(=O)(=O)Oc2ncccc2/C=N/NC(=O)Cc2cccc(Cl)c2)cc1. The number of aryl methyl sites for hydroxylation is 1. The van der Waals surface area contributed by atoms with Gasteiger partial charge in [-0.3, -0.25) is 4.79 Å². The van der Waals surface area contributed by atoms with Gasteiger partial charge in [-0.15, -0.1) is 0 Å². The van der Waals surface area contributed by atoms with E-state index in [2.05, 4.69) is 15.5 Å². The molecule has 7 nitrogen and oxygen atoms in total. The fourth-order valence-corrected chi connectivity index (χ4v) is 3.60. The number of halogens is 1. The molecule has 1 heterocycles. The number of hydrogen-bond donors (Lipinski definition) is 1. The summed E-state index contributed by atoms with van der Waals surface area (Å²) in [7, 11) is -4.06. The molecular weight excluding hydrogens is 426 g/mol. The molecule has 1 amide bonds. The summed E-state index contributed by atoms with van der Waals surface area (Å²) >= 11 is 5.90. The average Bonchev–Trinajstić information content (AvgIpc) is 2.69. The van der Waals surface area contributed by atoms with E-state index in [4.69, 9.17) is 15.8 Å². The fourth-order valence-electron chi connectivity index (χ4n) is 2.47. The molecule has 3 aromatic rings. The number of amides is 1. The van der Waals surface area contributed by atoms with Crippen LogP contribution in [0.4, 0.5) is 0 Å². The lowest BCUT2D eigenvalue weighted by Gasteiger charge is -2.08. The third kappa shape index (κ3) is 5.88. The fraction of sp³-hybridized carbons (Fsp3) is 0.0952. The molecule has 0 radical (unpaired) electrons. The van der Waals surface area contributed by atoms with Crippen LogP contribution < -0.4 is 9.61 Å². The minimum absolute atomic E-state index is 0.0106. The van der Waals surface area contributed by atoms with Gasteiger partial charge in [0.15, 0.2) is 0 Å². The lowest BCUT2D eigenvalue weighted by Crippen LogP contribution is -2.20. The molecule has 0 unspecified atom stereocenters. The summed E-state index contributed by atoms with van der Waals surface area (Å²) in [4.78, 5) is 16.0. The first-order valence-electron chi connectivity index (χ1n) is 8.86. The number of nitrogens with zero attached hydrogens (tertiary/aromatic N) is 2. The summed E-state index contributed by atoms with van der Waals surface area (Å²) in [5.41, 5.74) is 4.33. The van der Waals surface area contributed by atoms with E-state index in [-0.39, 0.29) is 28.7 Å². The average molecular weight is 444 g/mol. The van der Waals surface area contributed by atoms with Crippen LogP contribution in [0.25, 0.3) is 0 Å². The molecule has 0 aliphatic rings. The van der Waals surface area contributed by atoms with Crippen LogP contribution in [0, 0.1) is 6.92 Å². The molecule has 154 valence electrons. The number of hydrazone groups is 1. The molecule has 3 rings (SSSR count). The Morgan fingerprint density at radius 1 is 1.17 bits per heavy atom. The summed E-state index contributed by atoms with van der Waals surface area (Å²) in [6, 6.07) is 16.4. The molecule has 1 N–H and O–H groups in total. The van der Waals surface area contributed by atoms with Crippen molar-refractivity contribution in [1.82, 2.24) is 10.4 Å². The molecule has 0 aliphatic carbocycles. The highest BCUT2D eigenvalue weighted by molar-refractivity contribution is 7.87. The Bertz CT molecular complexity index is 1180. The highest BCUT2D eigenvalue weighted by atomic mass is 35.5. The number of rotatable bonds is 7. The molecule has 2 aromatic carbocycles. The van der Waals surface area contributed by atoms with E-state index in [9.17, 15) is 13.2 Å². The summed E-state index contributed by atoms with van der Waals surface area (Å²) in [6.45, 7) is 1.85. The highest BCUT2D eigenvalue weighted by Gasteiger charge is 2.19. The third-order valence-electron chi connectivity index (χ3n) is 3.95. The maximum Gasteiger partial charge on any atom is 0.340 e. The highest BCUT2D eigenvalue weighted by Crippen LogP contribution is 2.19. The Hall–Kier alpha value is -3.23. The third-order valence-corrected chi connectivity index (χ3v) is 5.41. The summed E-state index contributed by atoms with van der Waals surface area (Å²) < 4.78 is 30.1. The van der Waals surface area contributed by atoms with Crippen molar-refractivity contribution in [2.45, 2.75) is 18.2 Å². The van der Waals surface area contributed by atoms with Crippen molar-refractivity contribution in [3.05, 3.63) is 88.6 Å². The smallest absolute Gasteiger partial charge is 0.340 e. The van der Waals surface area contributed by atoms with Crippen LogP contribution in [-0.2, 0) is 21.3 Å². The normalized spacial score (nSPS) is 11.4. The Morgan fingerprint density at radius 3 is 2.67 bits per heavy atom. The molecule has 0 spiro atoms. The topological polar surface area (TPSA) is 97.7 Å². The van der Waals surface area contributed by atoms with Crippen molar-refractivity contribution < 1.29 is 17.4 Å². The van der Waals surface area contributed by atoms with Gasteiger partial charge in [0.2, 0.25) is 11.8 Å².